The summed E-state index contributed by atoms with van der Waals surface area (Å²) in [5.74, 6) is -1.42. The van der Waals surface area contributed by atoms with E-state index in [4.69, 9.17) is 16.3 Å². The maximum atomic E-state index is 14.1. The summed E-state index contributed by atoms with van der Waals surface area (Å²) < 4.78 is 19.5. The number of nitrogens with zero attached hydrogens (tertiary/aromatic N) is 1. The minimum absolute atomic E-state index is 0.0202. The zero-order valence-electron chi connectivity index (χ0n) is 17.4. The second-order valence-corrected chi connectivity index (χ2v) is 8.22. The molecule has 1 saturated heterocycles. The number of hydrogen-bond donors (Lipinski definition) is 0. The fraction of sp³-hybridized carbons (Fsp3) is 0.652. The summed E-state index contributed by atoms with van der Waals surface area (Å²) in [5.41, 5.74) is -0.0202. The predicted octanol–water partition coefficient (Wildman–Crippen LogP) is 6.02. The van der Waals surface area contributed by atoms with Gasteiger partial charge in [-0.1, -0.05) is 69.5 Å². The van der Waals surface area contributed by atoms with Crippen molar-refractivity contribution in [3.8, 4) is 0 Å². The second-order valence-electron chi connectivity index (χ2n) is 7.81. The van der Waals surface area contributed by atoms with Gasteiger partial charge in [-0.3, -0.25) is 9.59 Å². The lowest BCUT2D eigenvalue weighted by molar-refractivity contribution is -0.150. The van der Waals surface area contributed by atoms with Gasteiger partial charge in [0.1, 0.15) is 0 Å². The van der Waals surface area contributed by atoms with Crippen molar-refractivity contribution in [3.05, 3.63) is 34.6 Å². The largest absolute Gasteiger partial charge is 0.465 e. The van der Waals surface area contributed by atoms with Crippen LogP contribution in [0.4, 0.5) is 4.39 Å². The number of carbonyl (C=O) groups is 2. The first kappa shape index (κ1) is 23.7. The molecule has 0 aromatic heterocycles. The number of esters is 1. The molecule has 1 aliphatic heterocycles. The van der Waals surface area contributed by atoms with Gasteiger partial charge in [0.15, 0.2) is 5.82 Å². The van der Waals surface area contributed by atoms with Gasteiger partial charge in [0, 0.05) is 13.1 Å². The number of benzene rings is 1. The molecule has 1 aromatic rings. The number of ether oxygens (including phenoxy) is 1. The molecule has 2 rings (SSSR count). The van der Waals surface area contributed by atoms with Crippen LogP contribution in [0.5, 0.6) is 0 Å². The van der Waals surface area contributed by atoms with Crippen LogP contribution in [0.25, 0.3) is 0 Å². The van der Waals surface area contributed by atoms with E-state index >= 15 is 0 Å². The number of likely N-dealkylation sites (tertiary alicyclic amines) is 1. The highest BCUT2D eigenvalue weighted by molar-refractivity contribution is 6.31. The average Bonchev–Trinajstić information content (AvgIpc) is 2.74. The Bertz CT molecular complexity index is 660. The zero-order chi connectivity index (χ0) is 21.1. The van der Waals surface area contributed by atoms with Crippen LogP contribution in [0.1, 0.15) is 81.5 Å². The van der Waals surface area contributed by atoms with Crippen LogP contribution in [0.15, 0.2) is 18.2 Å². The van der Waals surface area contributed by atoms with Gasteiger partial charge >= 0.3 is 5.97 Å². The number of hydrogen-bond acceptors (Lipinski definition) is 3. The number of amides is 1. The Labute approximate surface area is 178 Å². The van der Waals surface area contributed by atoms with Gasteiger partial charge in [0.2, 0.25) is 0 Å². The highest BCUT2D eigenvalue weighted by Gasteiger charge is 2.29. The summed E-state index contributed by atoms with van der Waals surface area (Å²) in [6, 6.07) is 4.42. The molecular formula is C23H33ClFNO3. The summed E-state index contributed by atoms with van der Waals surface area (Å²) in [7, 11) is 0. The van der Waals surface area contributed by atoms with Crippen molar-refractivity contribution in [2.24, 2.45) is 5.92 Å². The van der Waals surface area contributed by atoms with Crippen molar-refractivity contribution < 1.29 is 18.7 Å². The molecule has 29 heavy (non-hydrogen) atoms. The lowest BCUT2D eigenvalue weighted by atomic mass is 9.96. The van der Waals surface area contributed by atoms with E-state index in [1.54, 1.807) is 11.0 Å². The third-order valence-electron chi connectivity index (χ3n) is 5.54. The Morgan fingerprint density at radius 3 is 2.34 bits per heavy atom. The average molecular weight is 426 g/mol. The quantitative estimate of drug-likeness (QED) is 0.322. The lowest BCUT2D eigenvalue weighted by Crippen LogP contribution is -2.41. The van der Waals surface area contributed by atoms with Crippen LogP contribution in [0.3, 0.4) is 0 Å². The second kappa shape index (κ2) is 12.8. The fourth-order valence-corrected chi connectivity index (χ4v) is 3.86. The summed E-state index contributed by atoms with van der Waals surface area (Å²) in [5, 5.41) is -0.0599. The summed E-state index contributed by atoms with van der Waals surface area (Å²) in [6.45, 7) is 3.53. The number of carbonyl (C=O) groups excluding carboxylic acids is 2. The minimum atomic E-state index is -0.689. The van der Waals surface area contributed by atoms with Crippen molar-refractivity contribution >= 4 is 23.5 Å². The number of rotatable bonds is 11. The third kappa shape index (κ3) is 7.61. The molecule has 0 bridgehead atoms. The standard InChI is InChI=1S/C23H33ClFNO3/c1-2-3-4-5-6-7-8-9-17-29-23(28)18-13-15-26(16-14-18)22(27)19-11-10-12-20(24)21(19)25/h10-12,18H,2-9,13-17H2,1H3. The van der Waals surface area contributed by atoms with E-state index in [1.165, 1.54) is 50.7 Å². The smallest absolute Gasteiger partial charge is 0.309 e. The molecule has 1 aromatic carbocycles. The zero-order valence-corrected chi connectivity index (χ0v) is 18.2. The molecule has 6 heteroatoms. The molecule has 0 N–H and O–H groups in total. The molecule has 1 heterocycles. The Balaban J connectivity index is 1.63. The van der Waals surface area contributed by atoms with Gasteiger partial charge in [-0.05, 0) is 31.4 Å². The topological polar surface area (TPSA) is 46.6 Å². The van der Waals surface area contributed by atoms with E-state index in [2.05, 4.69) is 6.92 Å². The van der Waals surface area contributed by atoms with E-state index in [0.717, 1.165) is 12.8 Å². The van der Waals surface area contributed by atoms with E-state index in [0.29, 0.717) is 32.5 Å². The van der Waals surface area contributed by atoms with Crippen LogP contribution >= 0.6 is 11.6 Å². The fourth-order valence-electron chi connectivity index (χ4n) is 3.68. The minimum Gasteiger partial charge on any atom is -0.465 e. The first-order valence-electron chi connectivity index (χ1n) is 10.9. The lowest BCUT2D eigenvalue weighted by Gasteiger charge is -2.31. The van der Waals surface area contributed by atoms with Crippen molar-refractivity contribution in [3.63, 3.8) is 0 Å². The van der Waals surface area contributed by atoms with Crippen LogP contribution < -0.4 is 0 Å². The monoisotopic (exact) mass is 425 g/mol. The van der Waals surface area contributed by atoms with E-state index in [-0.39, 0.29) is 28.4 Å². The van der Waals surface area contributed by atoms with Crippen molar-refractivity contribution in [2.75, 3.05) is 19.7 Å². The third-order valence-corrected chi connectivity index (χ3v) is 5.83. The summed E-state index contributed by atoms with van der Waals surface area (Å²) in [6.07, 6.45) is 10.7. The highest BCUT2D eigenvalue weighted by Crippen LogP contribution is 2.23. The van der Waals surface area contributed by atoms with Gasteiger partial charge in [-0.2, -0.15) is 0 Å². The first-order chi connectivity index (χ1) is 14.0. The van der Waals surface area contributed by atoms with Crippen molar-refractivity contribution in [1.29, 1.82) is 0 Å². The number of halogens is 2. The Morgan fingerprint density at radius 1 is 1.07 bits per heavy atom. The Hall–Kier alpha value is -1.62. The maximum absolute atomic E-state index is 14.1. The molecule has 0 radical (unpaired) electrons. The number of unbranched alkanes of at least 4 members (excludes halogenated alkanes) is 7. The molecule has 0 atom stereocenters. The normalized spacial score (nSPS) is 14.8. The van der Waals surface area contributed by atoms with Gasteiger partial charge in [-0.15, -0.1) is 0 Å². The highest BCUT2D eigenvalue weighted by atomic mass is 35.5. The van der Waals surface area contributed by atoms with Gasteiger partial charge in [0.25, 0.3) is 5.91 Å². The van der Waals surface area contributed by atoms with E-state index < -0.39 is 5.82 Å². The van der Waals surface area contributed by atoms with Crippen LogP contribution in [0.2, 0.25) is 5.02 Å². The van der Waals surface area contributed by atoms with Crippen LogP contribution in [-0.4, -0.2) is 36.5 Å². The van der Waals surface area contributed by atoms with Crippen LogP contribution in [0, 0.1) is 11.7 Å². The van der Waals surface area contributed by atoms with Crippen LogP contribution in [-0.2, 0) is 9.53 Å². The predicted molar refractivity (Wildman–Crippen MR) is 114 cm³/mol. The molecule has 4 nitrogen and oxygen atoms in total. The molecule has 0 saturated carbocycles. The maximum Gasteiger partial charge on any atom is 0.309 e. The van der Waals surface area contributed by atoms with E-state index in [9.17, 15) is 14.0 Å². The molecule has 0 aliphatic carbocycles. The molecule has 1 aliphatic rings. The van der Waals surface area contributed by atoms with Gasteiger partial charge in [-0.25, -0.2) is 4.39 Å². The summed E-state index contributed by atoms with van der Waals surface area (Å²) >= 11 is 5.76. The van der Waals surface area contributed by atoms with Gasteiger partial charge < -0.3 is 9.64 Å². The number of piperidine rings is 1. The van der Waals surface area contributed by atoms with E-state index in [1.807, 2.05) is 0 Å². The van der Waals surface area contributed by atoms with Crippen molar-refractivity contribution in [2.45, 2.75) is 71.1 Å². The first-order valence-corrected chi connectivity index (χ1v) is 11.3. The SMILES string of the molecule is CCCCCCCCCCOC(=O)C1CCN(C(=O)c2cccc(Cl)c2F)CC1. The molecule has 0 spiro atoms. The van der Waals surface area contributed by atoms with Crippen molar-refractivity contribution in [1.82, 2.24) is 4.90 Å². The Kier molecular flexibility index (Phi) is 10.5. The summed E-state index contributed by atoms with van der Waals surface area (Å²) in [4.78, 5) is 26.3. The molecule has 162 valence electrons. The Morgan fingerprint density at radius 2 is 1.69 bits per heavy atom. The molecule has 1 amide bonds. The molecule has 1 fully saturated rings. The molecule has 0 unspecified atom stereocenters. The molecular weight excluding hydrogens is 393 g/mol. The van der Waals surface area contributed by atoms with Gasteiger partial charge in [0.05, 0.1) is 23.1 Å².